The lowest BCUT2D eigenvalue weighted by Gasteiger charge is -2.27. The van der Waals surface area contributed by atoms with Crippen LogP contribution in [0.5, 0.6) is 5.75 Å². The van der Waals surface area contributed by atoms with Crippen molar-refractivity contribution in [1.29, 1.82) is 0 Å². The first-order chi connectivity index (χ1) is 37.0. The first-order valence-corrected chi connectivity index (χ1v) is 26.4. The van der Waals surface area contributed by atoms with Gasteiger partial charge in [0.05, 0.1) is 13.0 Å². The van der Waals surface area contributed by atoms with Crippen LogP contribution in [0, 0.1) is 5.92 Å². The number of aromatic nitrogens is 1. The number of thioether (sulfide) groups is 1. The summed E-state index contributed by atoms with van der Waals surface area (Å²) in [4.78, 5) is 149. The number of hydrogen-bond acceptors (Lipinski definition) is 13. The van der Waals surface area contributed by atoms with E-state index in [4.69, 9.17) is 5.73 Å². The average Bonchev–Trinajstić information content (AvgIpc) is 3.81. The standard InChI is InChI=1S/C53H68N10O14S/c1-29(2)22-39(47(54)71)58-44(66)28-56-48(72)37(18-19-45(67)68)59-52(76)42(25-33-27-55-36-13-9-8-12-35(33)36)62-51(75)41(24-32-14-16-34(65)17-15-32)61-53(77)43(26-46(69)70)63-49(73)38(20-21-78-4)60-50(74)40(57-30(3)64)23-31-10-6-5-7-11-31/h5-17,27,29,37-43,55,65H,18-26,28H2,1-4H3,(H2,54,71)(H,56,72)(H,57,64)(H,58,66)(H,59,76)(H,60,74)(H,61,77)(H,62,75)(H,63,73)(H,67,68)(H,69,70)/t37-,38-,39-,40-,41-,42-,43-/m0/s1. The summed E-state index contributed by atoms with van der Waals surface area (Å²) < 4.78 is 0. The minimum absolute atomic E-state index is 0.00796. The van der Waals surface area contributed by atoms with Gasteiger partial charge >= 0.3 is 11.9 Å². The van der Waals surface area contributed by atoms with Gasteiger partial charge in [0.1, 0.15) is 48.0 Å². The van der Waals surface area contributed by atoms with Crippen LogP contribution < -0.4 is 48.3 Å². The first-order valence-electron chi connectivity index (χ1n) is 25.0. The van der Waals surface area contributed by atoms with Gasteiger partial charge in [-0.1, -0.05) is 74.5 Å². The molecule has 3 aromatic carbocycles. The van der Waals surface area contributed by atoms with Gasteiger partial charge in [-0.15, -0.1) is 0 Å². The van der Waals surface area contributed by atoms with Crippen molar-refractivity contribution < 1.29 is 68.1 Å². The van der Waals surface area contributed by atoms with E-state index in [2.05, 4.69) is 47.5 Å². The molecule has 78 heavy (non-hydrogen) atoms. The second kappa shape index (κ2) is 30.9. The highest BCUT2D eigenvalue weighted by atomic mass is 32.2. The number of aliphatic carboxylic acids is 2. The molecule has 24 nitrogen and oxygen atoms in total. The summed E-state index contributed by atoms with van der Waals surface area (Å²) in [5.41, 5.74) is 7.65. The van der Waals surface area contributed by atoms with Crippen molar-refractivity contribution in [2.75, 3.05) is 18.6 Å². The van der Waals surface area contributed by atoms with Crippen LogP contribution in [0.1, 0.15) is 69.6 Å². The number of para-hydroxylation sites is 1. The van der Waals surface area contributed by atoms with Crippen LogP contribution in [-0.2, 0) is 72.0 Å². The third kappa shape index (κ3) is 20.9. The Balaban J connectivity index is 1.65. The number of phenolic OH excluding ortho intramolecular Hbond substituents is 1. The quantitative estimate of drug-likeness (QED) is 0.0307. The normalized spacial score (nSPS) is 13.7. The molecule has 0 bridgehead atoms. The Labute approximate surface area is 454 Å². The summed E-state index contributed by atoms with van der Waals surface area (Å²) in [7, 11) is 0. The molecule has 14 N–H and O–H groups in total. The number of nitrogens with one attached hydrogen (secondary N) is 9. The van der Waals surface area contributed by atoms with Crippen LogP contribution in [0.2, 0.25) is 0 Å². The maximum absolute atomic E-state index is 14.7. The summed E-state index contributed by atoms with van der Waals surface area (Å²) in [5, 5.41) is 50.2. The van der Waals surface area contributed by atoms with E-state index in [1.807, 2.05) is 0 Å². The predicted molar refractivity (Wildman–Crippen MR) is 287 cm³/mol. The molecule has 1 heterocycles. The van der Waals surface area contributed by atoms with Gasteiger partial charge in [-0.05, 0) is 72.1 Å². The number of H-pyrrole nitrogens is 1. The van der Waals surface area contributed by atoms with E-state index in [1.54, 1.807) is 80.9 Å². The highest BCUT2D eigenvalue weighted by molar-refractivity contribution is 7.98. The van der Waals surface area contributed by atoms with E-state index in [1.165, 1.54) is 43.0 Å². The van der Waals surface area contributed by atoms with E-state index >= 15 is 0 Å². The maximum atomic E-state index is 14.7. The van der Waals surface area contributed by atoms with Gasteiger partial charge < -0.3 is 68.6 Å². The molecule has 0 radical (unpaired) electrons. The molecule has 4 aromatic rings. The SMILES string of the molecule is CSCC[C@H](NC(=O)[C@H](Cc1ccccc1)NC(C)=O)C(=O)N[C@@H](CC(=O)O)C(=O)N[C@@H](Cc1ccc(O)cc1)C(=O)N[C@@H](Cc1c[nH]c2ccccc12)C(=O)N[C@@H](CCC(=O)O)C(=O)NCC(=O)N[C@@H](CC(C)C)C(N)=O. The molecule has 4 rings (SSSR count). The Morgan fingerprint density at radius 3 is 1.65 bits per heavy atom. The van der Waals surface area contributed by atoms with Gasteiger partial charge in [-0.2, -0.15) is 11.8 Å². The van der Waals surface area contributed by atoms with Crippen molar-refractivity contribution in [2.45, 2.75) is 114 Å². The number of hydrogen-bond donors (Lipinski definition) is 13. The summed E-state index contributed by atoms with van der Waals surface area (Å²) >= 11 is 1.33. The van der Waals surface area contributed by atoms with E-state index in [9.17, 15) is 68.1 Å². The minimum Gasteiger partial charge on any atom is -0.508 e. The van der Waals surface area contributed by atoms with Crippen LogP contribution >= 0.6 is 11.8 Å². The van der Waals surface area contributed by atoms with Crippen molar-refractivity contribution >= 4 is 87.8 Å². The van der Waals surface area contributed by atoms with Gasteiger partial charge in [0.2, 0.25) is 53.2 Å². The number of amides is 9. The second-order valence-electron chi connectivity index (χ2n) is 18.9. The lowest BCUT2D eigenvalue weighted by atomic mass is 10.0. The van der Waals surface area contributed by atoms with Crippen LogP contribution in [-0.4, -0.2) is 146 Å². The second-order valence-corrected chi connectivity index (χ2v) is 19.9. The summed E-state index contributed by atoms with van der Waals surface area (Å²) in [5.74, 6) is -10.8. The van der Waals surface area contributed by atoms with Gasteiger partial charge in [-0.25, -0.2) is 0 Å². The molecule has 0 aliphatic heterocycles. The molecular formula is C53H68N10O14S. The molecule has 0 saturated carbocycles. The zero-order valence-electron chi connectivity index (χ0n) is 43.6. The van der Waals surface area contributed by atoms with Crippen LogP contribution in [0.15, 0.2) is 85.1 Å². The van der Waals surface area contributed by atoms with Gasteiger partial charge in [0.15, 0.2) is 0 Å². The number of benzene rings is 3. The number of carboxylic acid groups (broad SMARTS) is 2. The molecule has 25 heteroatoms. The molecule has 0 spiro atoms. The molecule has 420 valence electrons. The highest BCUT2D eigenvalue weighted by Crippen LogP contribution is 2.20. The number of rotatable bonds is 32. The fraction of sp³-hybridized carbons (Fsp3) is 0.415. The molecule has 0 saturated heterocycles. The minimum atomic E-state index is -1.87. The van der Waals surface area contributed by atoms with Gasteiger partial charge in [0, 0.05) is 49.7 Å². The summed E-state index contributed by atoms with van der Waals surface area (Å²) in [6, 6.07) is 11.0. The van der Waals surface area contributed by atoms with Crippen LogP contribution in [0.4, 0.5) is 0 Å². The topological polar surface area (TPSA) is 387 Å². The number of aromatic hydroxyl groups is 1. The Morgan fingerprint density at radius 1 is 0.577 bits per heavy atom. The Morgan fingerprint density at radius 2 is 1.09 bits per heavy atom. The number of nitrogens with two attached hydrogens (primary N) is 1. The zero-order chi connectivity index (χ0) is 57.5. The van der Waals surface area contributed by atoms with E-state index < -0.39 is 133 Å². The lowest BCUT2D eigenvalue weighted by molar-refractivity contribution is -0.141. The number of phenols is 1. The fourth-order valence-corrected chi connectivity index (χ4v) is 8.62. The third-order valence-electron chi connectivity index (χ3n) is 12.1. The zero-order valence-corrected chi connectivity index (χ0v) is 44.4. The molecule has 0 fully saturated rings. The Hall–Kier alpha value is -8.48. The number of carbonyl (C=O) groups is 11. The van der Waals surface area contributed by atoms with Crippen LogP contribution in [0.25, 0.3) is 10.9 Å². The van der Waals surface area contributed by atoms with E-state index in [-0.39, 0.29) is 43.8 Å². The van der Waals surface area contributed by atoms with E-state index in [0.717, 1.165) is 0 Å². The molecule has 1 aromatic heterocycles. The molecule has 7 atom stereocenters. The molecule has 9 amide bonds. The lowest BCUT2D eigenvalue weighted by Crippen LogP contribution is -2.60. The molecule has 0 aliphatic carbocycles. The fourth-order valence-electron chi connectivity index (χ4n) is 8.15. The number of carbonyl (C=O) groups excluding carboxylic acids is 9. The van der Waals surface area contributed by atoms with Crippen molar-refractivity contribution in [3.63, 3.8) is 0 Å². The highest BCUT2D eigenvalue weighted by Gasteiger charge is 2.35. The summed E-state index contributed by atoms with van der Waals surface area (Å²) in [6.45, 7) is 4.13. The number of carboxylic acids is 2. The Kier molecular flexibility index (Phi) is 24.6. The maximum Gasteiger partial charge on any atom is 0.305 e. The van der Waals surface area contributed by atoms with Crippen molar-refractivity contribution in [2.24, 2.45) is 11.7 Å². The largest absolute Gasteiger partial charge is 0.508 e. The first kappa shape index (κ1) is 62.1. The number of primary amides is 1. The third-order valence-corrected chi connectivity index (χ3v) is 12.7. The predicted octanol–water partition coefficient (Wildman–Crippen LogP) is 0.0551. The van der Waals surface area contributed by atoms with Gasteiger partial charge in [-0.3, -0.25) is 52.7 Å². The molecule has 0 unspecified atom stereocenters. The van der Waals surface area contributed by atoms with Crippen molar-refractivity contribution in [3.05, 3.63) is 102 Å². The summed E-state index contributed by atoms with van der Waals surface area (Å²) in [6.07, 6.45) is 0.863. The molecular weight excluding hydrogens is 1030 g/mol. The Bertz CT molecular complexity index is 2760. The van der Waals surface area contributed by atoms with E-state index in [0.29, 0.717) is 33.3 Å². The monoisotopic (exact) mass is 1100 g/mol. The number of aromatic amines is 1. The molecule has 0 aliphatic rings. The van der Waals surface area contributed by atoms with Crippen molar-refractivity contribution in [1.82, 2.24) is 47.5 Å². The number of fused-ring (bicyclic) bond motifs is 1. The average molecular weight is 1100 g/mol. The van der Waals surface area contributed by atoms with Crippen LogP contribution in [0.3, 0.4) is 0 Å². The van der Waals surface area contributed by atoms with Crippen molar-refractivity contribution in [3.8, 4) is 5.75 Å². The smallest absolute Gasteiger partial charge is 0.305 e. The van der Waals surface area contributed by atoms with Gasteiger partial charge in [0.25, 0.3) is 0 Å².